The topological polar surface area (TPSA) is 54.3 Å². The normalized spacial score (nSPS) is 15.1. The van der Waals surface area contributed by atoms with Crippen LogP contribution < -0.4 is 10.6 Å². The van der Waals surface area contributed by atoms with Crippen molar-refractivity contribution < 1.29 is 9.21 Å². The molecule has 1 atom stereocenters. The van der Waals surface area contributed by atoms with E-state index < -0.39 is 0 Å². The molecule has 3 rings (SSSR count). The molecule has 1 aromatic heterocycles. The molecule has 1 aliphatic heterocycles. The third kappa shape index (κ3) is 3.98. The molecule has 0 spiro atoms. The predicted octanol–water partition coefficient (Wildman–Crippen LogP) is 3.88. The first-order valence-electron chi connectivity index (χ1n) is 7.88. The van der Waals surface area contributed by atoms with Crippen LogP contribution in [0.25, 0.3) is 0 Å². The van der Waals surface area contributed by atoms with Gasteiger partial charge in [-0.25, -0.2) is 0 Å². The quantitative estimate of drug-likeness (QED) is 0.844. The highest BCUT2D eigenvalue weighted by Crippen LogP contribution is 2.26. The lowest BCUT2D eigenvalue weighted by atomic mass is 9.98. The zero-order valence-corrected chi connectivity index (χ0v) is 14.3. The van der Waals surface area contributed by atoms with Gasteiger partial charge in [-0.15, -0.1) is 0 Å². The van der Waals surface area contributed by atoms with Gasteiger partial charge in [-0.1, -0.05) is 12.1 Å². The van der Waals surface area contributed by atoms with E-state index in [0.717, 1.165) is 29.4 Å². The molecule has 0 saturated carbocycles. The number of aryl methyl sites for hydroxylation is 1. The number of carbonyl (C=O) groups is 1. The Hall–Kier alpha value is -1.72. The number of furan rings is 1. The Balaban J connectivity index is 1.61. The maximum absolute atomic E-state index is 11.4. The van der Waals surface area contributed by atoms with Crippen LogP contribution in [0.1, 0.15) is 42.0 Å². The SMILES string of the molecule is CSCc1ccc(CN[C@@H](C)c2ccc3c(c2)CCC(=O)N3)o1. The molecule has 1 aliphatic rings. The van der Waals surface area contributed by atoms with Gasteiger partial charge in [0.25, 0.3) is 0 Å². The number of fused-ring (bicyclic) bond motifs is 1. The molecule has 0 fully saturated rings. The largest absolute Gasteiger partial charge is 0.464 e. The van der Waals surface area contributed by atoms with Crippen molar-refractivity contribution in [2.75, 3.05) is 11.6 Å². The molecule has 0 aliphatic carbocycles. The molecule has 23 heavy (non-hydrogen) atoms. The van der Waals surface area contributed by atoms with Crippen molar-refractivity contribution in [3.63, 3.8) is 0 Å². The zero-order chi connectivity index (χ0) is 16.2. The predicted molar refractivity (Wildman–Crippen MR) is 94.6 cm³/mol. The van der Waals surface area contributed by atoms with Crippen molar-refractivity contribution >= 4 is 23.4 Å². The van der Waals surface area contributed by atoms with E-state index >= 15 is 0 Å². The van der Waals surface area contributed by atoms with E-state index in [4.69, 9.17) is 4.42 Å². The summed E-state index contributed by atoms with van der Waals surface area (Å²) >= 11 is 1.76. The van der Waals surface area contributed by atoms with Gasteiger partial charge in [-0.2, -0.15) is 11.8 Å². The molecule has 2 heterocycles. The van der Waals surface area contributed by atoms with Crippen LogP contribution in [0, 0.1) is 0 Å². The van der Waals surface area contributed by atoms with Crippen LogP contribution in [0.15, 0.2) is 34.7 Å². The van der Waals surface area contributed by atoms with Gasteiger partial charge in [-0.3, -0.25) is 4.79 Å². The highest BCUT2D eigenvalue weighted by molar-refractivity contribution is 7.97. The summed E-state index contributed by atoms with van der Waals surface area (Å²) in [7, 11) is 0. The summed E-state index contributed by atoms with van der Waals surface area (Å²) in [5.74, 6) is 3.00. The average Bonchev–Trinajstić information content (AvgIpc) is 3.00. The molecule has 122 valence electrons. The van der Waals surface area contributed by atoms with Gasteiger partial charge < -0.3 is 15.1 Å². The summed E-state index contributed by atoms with van der Waals surface area (Å²) in [6.07, 6.45) is 3.46. The van der Waals surface area contributed by atoms with Gasteiger partial charge in [0.1, 0.15) is 11.5 Å². The van der Waals surface area contributed by atoms with Crippen LogP contribution in [0.4, 0.5) is 5.69 Å². The fraction of sp³-hybridized carbons (Fsp3) is 0.389. The van der Waals surface area contributed by atoms with Gasteiger partial charge in [0.15, 0.2) is 0 Å². The third-order valence-electron chi connectivity index (χ3n) is 4.11. The lowest BCUT2D eigenvalue weighted by Crippen LogP contribution is -2.21. The van der Waals surface area contributed by atoms with E-state index in [1.807, 2.05) is 18.2 Å². The second-order valence-corrected chi connectivity index (χ2v) is 6.73. The van der Waals surface area contributed by atoms with E-state index in [-0.39, 0.29) is 11.9 Å². The van der Waals surface area contributed by atoms with Crippen molar-refractivity contribution in [3.05, 3.63) is 53.0 Å². The summed E-state index contributed by atoms with van der Waals surface area (Å²) in [5.41, 5.74) is 3.40. The minimum atomic E-state index is 0.107. The Morgan fingerprint density at radius 3 is 2.91 bits per heavy atom. The second-order valence-electron chi connectivity index (χ2n) is 5.87. The summed E-state index contributed by atoms with van der Waals surface area (Å²) in [6.45, 7) is 2.86. The molecule has 0 saturated heterocycles. The minimum Gasteiger partial charge on any atom is -0.464 e. The fourth-order valence-electron chi connectivity index (χ4n) is 2.78. The number of thioether (sulfide) groups is 1. The summed E-state index contributed by atoms with van der Waals surface area (Å²) in [5, 5.41) is 6.42. The second kappa shape index (κ2) is 7.23. The fourth-order valence-corrected chi connectivity index (χ4v) is 3.22. The lowest BCUT2D eigenvalue weighted by molar-refractivity contribution is -0.116. The van der Waals surface area contributed by atoms with Crippen molar-refractivity contribution in [3.8, 4) is 0 Å². The zero-order valence-electron chi connectivity index (χ0n) is 13.5. The molecule has 5 heteroatoms. The van der Waals surface area contributed by atoms with Crippen LogP contribution in [-0.2, 0) is 23.5 Å². The number of nitrogens with one attached hydrogen (secondary N) is 2. The maximum Gasteiger partial charge on any atom is 0.224 e. The van der Waals surface area contributed by atoms with E-state index in [2.05, 4.69) is 35.9 Å². The standard InChI is InChI=1S/C18H22N2O2S/c1-12(19-10-15-5-6-16(22-15)11-23-2)13-3-7-17-14(9-13)4-8-18(21)20-17/h3,5-7,9,12,19H,4,8,10-11H2,1-2H3,(H,20,21)/t12-/m0/s1. The van der Waals surface area contributed by atoms with Crippen LogP contribution >= 0.6 is 11.8 Å². The number of rotatable bonds is 6. The Bertz CT molecular complexity index is 696. The number of hydrogen-bond donors (Lipinski definition) is 2. The lowest BCUT2D eigenvalue weighted by Gasteiger charge is -2.20. The molecule has 1 aromatic carbocycles. The number of anilines is 1. The molecule has 4 nitrogen and oxygen atoms in total. The van der Waals surface area contributed by atoms with Crippen LogP contribution in [-0.4, -0.2) is 12.2 Å². The molecular weight excluding hydrogens is 308 g/mol. The maximum atomic E-state index is 11.4. The first kappa shape index (κ1) is 16.1. The molecule has 2 N–H and O–H groups in total. The van der Waals surface area contributed by atoms with Gasteiger partial charge >= 0.3 is 0 Å². The van der Waals surface area contributed by atoms with Crippen LogP contribution in [0.3, 0.4) is 0 Å². The highest BCUT2D eigenvalue weighted by atomic mass is 32.2. The Morgan fingerprint density at radius 2 is 2.09 bits per heavy atom. The molecule has 0 unspecified atom stereocenters. The van der Waals surface area contributed by atoms with Gasteiger partial charge in [0, 0.05) is 18.2 Å². The number of carbonyl (C=O) groups excluding carboxylic acids is 1. The molecular formula is C18H22N2O2S. The Kier molecular flexibility index (Phi) is 5.08. The summed E-state index contributed by atoms with van der Waals surface area (Å²) in [4.78, 5) is 11.4. The number of hydrogen-bond acceptors (Lipinski definition) is 4. The van der Waals surface area contributed by atoms with Gasteiger partial charge in [0.2, 0.25) is 5.91 Å². The molecule has 0 radical (unpaired) electrons. The van der Waals surface area contributed by atoms with Crippen molar-refractivity contribution in [1.82, 2.24) is 5.32 Å². The summed E-state index contributed by atoms with van der Waals surface area (Å²) < 4.78 is 5.78. The summed E-state index contributed by atoms with van der Waals surface area (Å²) in [6, 6.07) is 10.6. The molecule has 2 aromatic rings. The smallest absolute Gasteiger partial charge is 0.224 e. The van der Waals surface area contributed by atoms with E-state index in [1.54, 1.807) is 11.8 Å². The van der Waals surface area contributed by atoms with E-state index in [9.17, 15) is 4.79 Å². The van der Waals surface area contributed by atoms with Crippen molar-refractivity contribution in [1.29, 1.82) is 0 Å². The Labute approximate surface area is 141 Å². The monoisotopic (exact) mass is 330 g/mol. The first-order valence-corrected chi connectivity index (χ1v) is 9.27. The van der Waals surface area contributed by atoms with E-state index in [0.29, 0.717) is 13.0 Å². The van der Waals surface area contributed by atoms with E-state index in [1.165, 1.54) is 11.1 Å². The van der Waals surface area contributed by atoms with Gasteiger partial charge in [-0.05, 0) is 48.9 Å². The molecule has 0 bridgehead atoms. The van der Waals surface area contributed by atoms with Crippen molar-refractivity contribution in [2.24, 2.45) is 0 Å². The first-order chi connectivity index (χ1) is 11.2. The average molecular weight is 330 g/mol. The molecule has 1 amide bonds. The Morgan fingerprint density at radius 1 is 1.26 bits per heavy atom. The van der Waals surface area contributed by atoms with Gasteiger partial charge in [0.05, 0.1) is 12.3 Å². The number of amides is 1. The minimum absolute atomic E-state index is 0.107. The number of benzene rings is 1. The van der Waals surface area contributed by atoms with Crippen LogP contribution in [0.5, 0.6) is 0 Å². The highest BCUT2D eigenvalue weighted by Gasteiger charge is 2.16. The van der Waals surface area contributed by atoms with Crippen molar-refractivity contribution in [2.45, 2.75) is 38.1 Å². The third-order valence-corrected chi connectivity index (χ3v) is 4.68. The van der Waals surface area contributed by atoms with Crippen LogP contribution in [0.2, 0.25) is 0 Å².